The minimum Gasteiger partial charge on any atom is -0.481 e. The van der Waals surface area contributed by atoms with Crippen molar-refractivity contribution in [1.82, 2.24) is 0 Å². The van der Waals surface area contributed by atoms with Gasteiger partial charge < -0.3 is 10.2 Å². The highest BCUT2D eigenvalue weighted by molar-refractivity contribution is 7.28. The summed E-state index contributed by atoms with van der Waals surface area (Å²) >= 11 is 4.34. The molecule has 0 aliphatic rings. The second kappa shape index (κ2) is 10.4. The van der Waals surface area contributed by atoms with Crippen molar-refractivity contribution in [1.29, 1.82) is 0 Å². The van der Waals surface area contributed by atoms with Crippen LogP contribution in [0.15, 0.2) is 72.8 Å². The fourth-order valence-electron chi connectivity index (χ4n) is 3.96. The van der Waals surface area contributed by atoms with E-state index in [0.717, 1.165) is 40.4 Å². The summed E-state index contributed by atoms with van der Waals surface area (Å²) in [5, 5.41) is 18.9. The van der Waals surface area contributed by atoms with Gasteiger partial charge in [-0.15, -0.1) is 34.0 Å². The number of hydrogen-bond acceptors (Lipinski definition) is 5. The van der Waals surface area contributed by atoms with Crippen LogP contribution in [0.5, 0.6) is 0 Å². The Balaban J connectivity index is 1.55. The lowest BCUT2D eigenvalue weighted by molar-refractivity contribution is -0.137. The van der Waals surface area contributed by atoms with Gasteiger partial charge >= 0.3 is 11.9 Å². The minimum atomic E-state index is -0.951. The molecule has 9 heteroatoms. The van der Waals surface area contributed by atoms with E-state index in [-0.39, 0.29) is 24.5 Å². The molecule has 0 fully saturated rings. The van der Waals surface area contributed by atoms with E-state index >= 15 is 0 Å². The van der Waals surface area contributed by atoms with Gasteiger partial charge in [0.25, 0.3) is 0 Å². The summed E-state index contributed by atoms with van der Waals surface area (Å²) in [7, 11) is 0. The Kier molecular flexibility index (Phi) is 7.01. The van der Waals surface area contributed by atoms with Gasteiger partial charge in [-0.05, 0) is 70.8 Å². The van der Waals surface area contributed by atoms with Crippen molar-refractivity contribution in [2.45, 2.75) is 12.8 Å². The first-order valence-electron chi connectivity index (χ1n) is 11.1. The lowest BCUT2D eigenvalue weighted by atomic mass is 10.1. The minimum absolute atomic E-state index is 0.155. The van der Waals surface area contributed by atoms with Gasteiger partial charge in [-0.3, -0.25) is 9.59 Å². The molecule has 0 aliphatic carbocycles. The third-order valence-electron chi connectivity index (χ3n) is 5.61. The zero-order valence-electron chi connectivity index (χ0n) is 19.0. The molecule has 5 rings (SSSR count). The molecule has 5 aromatic rings. The maximum atomic E-state index is 13.4. The van der Waals surface area contributed by atoms with E-state index in [0.29, 0.717) is 11.1 Å². The Bertz CT molecular complexity index is 1480. The first-order chi connectivity index (χ1) is 17.8. The highest BCUT2D eigenvalue weighted by atomic mass is 32.1. The molecule has 0 unspecified atom stereocenters. The monoisotopic (exact) mass is 552 g/mol. The van der Waals surface area contributed by atoms with Crippen LogP contribution in [0.1, 0.15) is 11.1 Å². The predicted molar refractivity (Wildman–Crippen MR) is 144 cm³/mol. The summed E-state index contributed by atoms with van der Waals surface area (Å²) in [4.78, 5) is 28.1. The van der Waals surface area contributed by atoms with Crippen LogP contribution in [-0.4, -0.2) is 22.2 Å². The number of halogens is 2. The zero-order chi connectivity index (χ0) is 26.1. The second-order valence-corrected chi connectivity index (χ2v) is 11.4. The average molecular weight is 553 g/mol. The number of benzene rings is 2. The summed E-state index contributed by atoms with van der Waals surface area (Å²) in [5.41, 5.74) is 2.92. The van der Waals surface area contributed by atoms with E-state index in [1.54, 1.807) is 24.3 Å². The number of carboxylic acids is 2. The molecule has 3 aromatic heterocycles. The van der Waals surface area contributed by atoms with Gasteiger partial charge in [0, 0.05) is 29.3 Å². The first-order valence-corrected chi connectivity index (χ1v) is 13.5. The van der Waals surface area contributed by atoms with Crippen LogP contribution in [0.4, 0.5) is 8.78 Å². The molecular weight excluding hydrogens is 535 g/mol. The SMILES string of the molecule is O=C(O)Cc1cc(-c2ccc(F)cc2)sc1-c1ccc(-c2sc(-c3ccc(F)cc3)cc2CC(=O)O)s1. The van der Waals surface area contributed by atoms with Gasteiger partial charge in [0.05, 0.1) is 12.8 Å². The number of carbonyl (C=O) groups is 2. The molecule has 2 N–H and O–H groups in total. The van der Waals surface area contributed by atoms with E-state index in [1.807, 2.05) is 24.3 Å². The van der Waals surface area contributed by atoms with Crippen molar-refractivity contribution in [3.63, 3.8) is 0 Å². The van der Waals surface area contributed by atoms with E-state index in [4.69, 9.17) is 0 Å². The van der Waals surface area contributed by atoms with E-state index in [1.165, 1.54) is 58.3 Å². The van der Waals surface area contributed by atoms with Crippen molar-refractivity contribution in [3.8, 4) is 40.4 Å². The molecule has 0 atom stereocenters. The lowest BCUT2D eigenvalue weighted by Crippen LogP contribution is -1.99. The normalized spacial score (nSPS) is 11.1. The molecule has 0 amide bonds. The quantitative estimate of drug-likeness (QED) is 0.204. The molecule has 2 aromatic carbocycles. The van der Waals surface area contributed by atoms with Crippen molar-refractivity contribution < 1.29 is 28.6 Å². The number of hydrogen-bond donors (Lipinski definition) is 2. The summed E-state index contributed by atoms with van der Waals surface area (Å²) in [6, 6.07) is 19.6. The van der Waals surface area contributed by atoms with Gasteiger partial charge in [-0.1, -0.05) is 24.3 Å². The fourth-order valence-corrected chi connectivity index (χ4v) is 7.63. The van der Waals surface area contributed by atoms with Crippen LogP contribution >= 0.6 is 34.0 Å². The Morgan fingerprint density at radius 2 is 0.946 bits per heavy atom. The van der Waals surface area contributed by atoms with Crippen molar-refractivity contribution >= 4 is 45.9 Å². The van der Waals surface area contributed by atoms with Crippen LogP contribution in [0, 0.1) is 11.6 Å². The molecule has 0 saturated carbocycles. The largest absolute Gasteiger partial charge is 0.481 e. The van der Waals surface area contributed by atoms with Crippen molar-refractivity contribution in [2.75, 3.05) is 0 Å². The van der Waals surface area contributed by atoms with E-state index in [9.17, 15) is 28.6 Å². The smallest absolute Gasteiger partial charge is 0.307 e. The van der Waals surface area contributed by atoms with Crippen LogP contribution in [0.3, 0.4) is 0 Å². The first kappa shape index (κ1) is 25.0. The van der Waals surface area contributed by atoms with E-state index in [2.05, 4.69) is 0 Å². The van der Waals surface area contributed by atoms with Gasteiger partial charge in [-0.25, -0.2) is 8.78 Å². The maximum absolute atomic E-state index is 13.4. The number of rotatable bonds is 8. The molecule has 0 bridgehead atoms. The van der Waals surface area contributed by atoms with Crippen LogP contribution in [0.25, 0.3) is 40.4 Å². The average Bonchev–Trinajstić information content (AvgIpc) is 3.58. The highest BCUT2D eigenvalue weighted by Gasteiger charge is 2.20. The van der Waals surface area contributed by atoms with Gasteiger partial charge in [-0.2, -0.15) is 0 Å². The van der Waals surface area contributed by atoms with Crippen molar-refractivity contribution in [2.24, 2.45) is 0 Å². The van der Waals surface area contributed by atoms with E-state index < -0.39 is 11.9 Å². The third kappa shape index (κ3) is 5.53. The Hall–Kier alpha value is -3.66. The summed E-state index contributed by atoms with van der Waals surface area (Å²) in [6.07, 6.45) is -0.309. The van der Waals surface area contributed by atoms with Crippen LogP contribution in [-0.2, 0) is 22.4 Å². The summed E-state index contributed by atoms with van der Waals surface area (Å²) < 4.78 is 26.8. The number of carboxylic acid groups (broad SMARTS) is 2. The Morgan fingerprint density at radius 3 is 1.30 bits per heavy atom. The molecule has 4 nitrogen and oxygen atoms in total. The summed E-state index contributed by atoms with van der Waals surface area (Å²) in [5.74, 6) is -2.59. The van der Waals surface area contributed by atoms with Gasteiger partial charge in [0.1, 0.15) is 11.6 Å². The molecule has 37 heavy (non-hydrogen) atoms. The van der Waals surface area contributed by atoms with Crippen LogP contribution in [0.2, 0.25) is 0 Å². The molecule has 0 spiro atoms. The third-order valence-corrected chi connectivity index (χ3v) is 9.51. The Morgan fingerprint density at radius 1 is 0.568 bits per heavy atom. The fraction of sp³-hybridized carbons (Fsp3) is 0.0714. The lowest BCUT2D eigenvalue weighted by Gasteiger charge is -1.99. The Labute approximate surface area is 222 Å². The van der Waals surface area contributed by atoms with Gasteiger partial charge in [0.2, 0.25) is 0 Å². The molecular formula is C28H18F2O4S3. The standard InChI is InChI=1S/C28H18F2O4S3/c29-19-5-1-15(2-6-19)23-11-17(13-25(31)32)27(36-23)21-9-10-22(35-21)28-18(14-26(33)34)12-24(37-28)16-3-7-20(30)8-4-16/h1-12H,13-14H2,(H,31,32)(H,33,34). The molecule has 0 saturated heterocycles. The molecule has 186 valence electrons. The summed E-state index contributed by atoms with van der Waals surface area (Å²) in [6.45, 7) is 0. The topological polar surface area (TPSA) is 74.6 Å². The maximum Gasteiger partial charge on any atom is 0.307 e. The number of thiophene rings is 3. The molecule has 3 heterocycles. The van der Waals surface area contributed by atoms with Crippen LogP contribution < -0.4 is 0 Å². The number of aliphatic carboxylic acids is 2. The highest BCUT2D eigenvalue weighted by Crippen LogP contribution is 2.46. The van der Waals surface area contributed by atoms with Gasteiger partial charge in [0.15, 0.2) is 0 Å². The molecule has 0 aliphatic heterocycles. The van der Waals surface area contributed by atoms with Crippen molar-refractivity contribution in [3.05, 3.63) is 95.6 Å². The molecule has 0 radical (unpaired) electrons. The zero-order valence-corrected chi connectivity index (χ0v) is 21.5. The second-order valence-electron chi connectivity index (χ2n) is 8.25. The predicted octanol–water partition coefficient (Wildman–Crippen LogP) is 8.07.